The number of benzene rings is 1. The van der Waals surface area contributed by atoms with E-state index in [0.717, 1.165) is 42.5 Å². The number of amides is 2. The highest BCUT2D eigenvalue weighted by Gasteiger charge is 2.21. The predicted molar refractivity (Wildman–Crippen MR) is 107 cm³/mol. The SMILES string of the molecule is COC1CCC(Nc2cc(NC(=O)Nc3c(C)cccc3C)ncn2)CC1. The van der Waals surface area contributed by atoms with Crippen molar-refractivity contribution in [1.82, 2.24) is 9.97 Å². The van der Waals surface area contributed by atoms with E-state index in [4.69, 9.17) is 4.74 Å². The van der Waals surface area contributed by atoms with Crippen LogP contribution in [0.25, 0.3) is 0 Å². The molecular weight excluding hydrogens is 342 g/mol. The molecule has 27 heavy (non-hydrogen) atoms. The van der Waals surface area contributed by atoms with Crippen LogP contribution in [0, 0.1) is 13.8 Å². The Balaban J connectivity index is 1.58. The van der Waals surface area contributed by atoms with Crippen molar-refractivity contribution >= 4 is 23.4 Å². The van der Waals surface area contributed by atoms with Gasteiger partial charge in [-0.3, -0.25) is 5.32 Å². The summed E-state index contributed by atoms with van der Waals surface area (Å²) < 4.78 is 5.41. The van der Waals surface area contributed by atoms with E-state index in [1.165, 1.54) is 6.33 Å². The first-order valence-electron chi connectivity index (χ1n) is 9.30. The number of urea groups is 1. The highest BCUT2D eigenvalue weighted by Crippen LogP contribution is 2.24. The lowest BCUT2D eigenvalue weighted by molar-refractivity contribution is 0.0681. The number of aryl methyl sites for hydroxylation is 2. The van der Waals surface area contributed by atoms with E-state index in [0.29, 0.717) is 23.8 Å². The van der Waals surface area contributed by atoms with Gasteiger partial charge in [-0.15, -0.1) is 0 Å². The summed E-state index contributed by atoms with van der Waals surface area (Å²) in [6, 6.07) is 7.70. The molecule has 1 saturated carbocycles. The highest BCUT2D eigenvalue weighted by molar-refractivity contribution is 6.00. The Kier molecular flexibility index (Phi) is 6.24. The maximum absolute atomic E-state index is 12.3. The largest absolute Gasteiger partial charge is 0.381 e. The first-order valence-corrected chi connectivity index (χ1v) is 9.30. The van der Waals surface area contributed by atoms with Crippen LogP contribution in [0.4, 0.5) is 22.1 Å². The van der Waals surface area contributed by atoms with Gasteiger partial charge in [0.15, 0.2) is 0 Å². The molecule has 0 saturated heterocycles. The second-order valence-corrected chi connectivity index (χ2v) is 6.99. The summed E-state index contributed by atoms with van der Waals surface area (Å²) in [5.41, 5.74) is 2.85. The van der Waals surface area contributed by atoms with Crippen LogP contribution in [0.2, 0.25) is 0 Å². The fraction of sp³-hybridized carbons (Fsp3) is 0.450. The van der Waals surface area contributed by atoms with Gasteiger partial charge in [-0.25, -0.2) is 14.8 Å². The smallest absolute Gasteiger partial charge is 0.324 e. The third-order valence-corrected chi connectivity index (χ3v) is 4.99. The second kappa shape index (κ2) is 8.81. The molecule has 1 heterocycles. The maximum atomic E-state index is 12.3. The van der Waals surface area contributed by atoms with Gasteiger partial charge in [0.05, 0.1) is 6.10 Å². The zero-order valence-electron chi connectivity index (χ0n) is 16.1. The Hall–Kier alpha value is -2.67. The van der Waals surface area contributed by atoms with E-state index in [1.807, 2.05) is 32.0 Å². The Morgan fingerprint density at radius 2 is 1.70 bits per heavy atom. The fourth-order valence-electron chi connectivity index (χ4n) is 3.43. The number of nitrogens with one attached hydrogen (secondary N) is 3. The van der Waals surface area contributed by atoms with Gasteiger partial charge < -0.3 is 15.4 Å². The monoisotopic (exact) mass is 369 g/mol. The molecule has 7 nitrogen and oxygen atoms in total. The Morgan fingerprint density at radius 1 is 1.04 bits per heavy atom. The van der Waals surface area contributed by atoms with Gasteiger partial charge in [0, 0.05) is 24.9 Å². The molecule has 0 spiro atoms. The summed E-state index contributed by atoms with van der Waals surface area (Å²) in [7, 11) is 1.77. The molecule has 0 aliphatic heterocycles. The van der Waals surface area contributed by atoms with Crippen LogP contribution >= 0.6 is 0 Å². The average molecular weight is 369 g/mol. The molecule has 1 aromatic heterocycles. The van der Waals surface area contributed by atoms with Gasteiger partial charge in [-0.05, 0) is 50.7 Å². The summed E-state index contributed by atoms with van der Waals surface area (Å²) >= 11 is 0. The molecule has 1 aliphatic rings. The van der Waals surface area contributed by atoms with Crippen LogP contribution in [0.15, 0.2) is 30.6 Å². The number of nitrogens with zero attached hydrogens (tertiary/aromatic N) is 2. The molecule has 7 heteroatoms. The van der Waals surface area contributed by atoms with E-state index in [9.17, 15) is 4.79 Å². The van der Waals surface area contributed by atoms with Gasteiger partial charge in [0.25, 0.3) is 0 Å². The Labute approximate surface area is 159 Å². The quantitative estimate of drug-likeness (QED) is 0.738. The molecule has 0 radical (unpaired) electrons. The first-order chi connectivity index (χ1) is 13.0. The van der Waals surface area contributed by atoms with Gasteiger partial charge in [0.1, 0.15) is 18.0 Å². The molecule has 2 aromatic rings. The minimum atomic E-state index is -0.322. The number of carbonyl (C=O) groups is 1. The lowest BCUT2D eigenvalue weighted by atomic mass is 9.93. The van der Waals surface area contributed by atoms with Gasteiger partial charge in [-0.2, -0.15) is 0 Å². The van der Waals surface area contributed by atoms with E-state index >= 15 is 0 Å². The molecule has 1 fully saturated rings. The number of rotatable bonds is 5. The van der Waals surface area contributed by atoms with Crippen LogP contribution in [-0.4, -0.2) is 35.3 Å². The molecule has 1 aliphatic carbocycles. The Morgan fingerprint density at radius 3 is 2.37 bits per heavy atom. The highest BCUT2D eigenvalue weighted by atomic mass is 16.5. The minimum absolute atomic E-state index is 0.322. The van der Waals surface area contributed by atoms with Crippen molar-refractivity contribution in [2.75, 3.05) is 23.1 Å². The van der Waals surface area contributed by atoms with Crippen molar-refractivity contribution in [3.05, 3.63) is 41.7 Å². The predicted octanol–water partition coefficient (Wildman–Crippen LogP) is 4.11. The third kappa shape index (κ3) is 5.17. The minimum Gasteiger partial charge on any atom is -0.381 e. The normalized spacial score (nSPS) is 19.4. The van der Waals surface area contributed by atoms with Crippen molar-refractivity contribution in [3.63, 3.8) is 0 Å². The molecule has 0 bridgehead atoms. The average Bonchev–Trinajstić information content (AvgIpc) is 2.66. The van der Waals surface area contributed by atoms with Crippen molar-refractivity contribution < 1.29 is 9.53 Å². The number of hydrogen-bond acceptors (Lipinski definition) is 5. The van der Waals surface area contributed by atoms with E-state index in [-0.39, 0.29) is 6.03 Å². The lowest BCUT2D eigenvalue weighted by Crippen LogP contribution is -2.29. The number of ether oxygens (including phenoxy) is 1. The number of methoxy groups -OCH3 is 1. The summed E-state index contributed by atoms with van der Waals surface area (Å²) in [4.78, 5) is 20.7. The topological polar surface area (TPSA) is 88.2 Å². The lowest BCUT2D eigenvalue weighted by Gasteiger charge is -2.28. The van der Waals surface area contributed by atoms with Crippen LogP contribution < -0.4 is 16.0 Å². The van der Waals surface area contributed by atoms with Crippen LogP contribution in [0.1, 0.15) is 36.8 Å². The first kappa shape index (κ1) is 19.1. The van der Waals surface area contributed by atoms with Gasteiger partial charge in [0.2, 0.25) is 0 Å². The van der Waals surface area contributed by atoms with Crippen molar-refractivity contribution in [1.29, 1.82) is 0 Å². The van der Waals surface area contributed by atoms with E-state index < -0.39 is 0 Å². The number of anilines is 3. The summed E-state index contributed by atoms with van der Waals surface area (Å²) in [5.74, 6) is 1.18. The van der Waals surface area contributed by atoms with Crippen LogP contribution in [0.5, 0.6) is 0 Å². The van der Waals surface area contributed by atoms with Crippen LogP contribution in [-0.2, 0) is 4.74 Å². The zero-order valence-corrected chi connectivity index (χ0v) is 16.1. The molecule has 3 N–H and O–H groups in total. The van der Waals surface area contributed by atoms with Crippen LogP contribution in [0.3, 0.4) is 0 Å². The molecule has 3 rings (SSSR count). The van der Waals surface area contributed by atoms with Gasteiger partial charge >= 0.3 is 6.03 Å². The molecule has 144 valence electrons. The molecule has 2 amide bonds. The zero-order chi connectivity index (χ0) is 19.2. The molecular formula is C20H27N5O2. The summed E-state index contributed by atoms with van der Waals surface area (Å²) in [6.07, 6.45) is 5.98. The number of aromatic nitrogens is 2. The van der Waals surface area contributed by atoms with Crippen molar-refractivity contribution in [2.45, 2.75) is 51.7 Å². The van der Waals surface area contributed by atoms with Crippen molar-refractivity contribution in [2.24, 2.45) is 0 Å². The number of hydrogen-bond donors (Lipinski definition) is 3. The van der Waals surface area contributed by atoms with Crippen molar-refractivity contribution in [3.8, 4) is 0 Å². The Bertz CT molecular complexity index is 767. The number of carbonyl (C=O) groups excluding carboxylic acids is 1. The third-order valence-electron chi connectivity index (χ3n) is 4.99. The van der Waals surface area contributed by atoms with Gasteiger partial charge in [-0.1, -0.05) is 18.2 Å². The summed E-state index contributed by atoms with van der Waals surface area (Å²) in [6.45, 7) is 3.93. The molecule has 1 aromatic carbocycles. The number of para-hydroxylation sites is 1. The molecule has 0 atom stereocenters. The molecule has 0 unspecified atom stereocenters. The fourth-order valence-corrected chi connectivity index (χ4v) is 3.43. The summed E-state index contributed by atoms with van der Waals surface area (Å²) in [5, 5.41) is 9.10. The van der Waals surface area contributed by atoms with E-state index in [1.54, 1.807) is 13.2 Å². The van der Waals surface area contributed by atoms with E-state index in [2.05, 4.69) is 25.9 Å². The maximum Gasteiger partial charge on any atom is 0.324 e. The second-order valence-electron chi connectivity index (χ2n) is 6.99. The standard InChI is InChI=1S/C20H27N5O2/c1-13-5-4-6-14(2)19(13)25-20(26)24-18-11-17(21-12-22-18)23-15-7-9-16(27-3)10-8-15/h4-6,11-12,15-16H,7-10H2,1-3H3,(H3,21,22,23,24,25,26).